The second-order valence-corrected chi connectivity index (χ2v) is 1.66. The number of urea groups is 1. The number of hydrogen-bond acceptors (Lipinski definition) is 1. The molecule has 3 nitrogen and oxygen atoms in total. The fraction of sp³-hybridized carbons (Fsp3) is 0.333. The molecule has 1 heterocycles. The average molecular weight is 120 g/mol. The molecule has 1 radical (unpaired) electrons. The molecule has 1 unspecified atom stereocenters. The maximum atomic E-state index is 10.1. The van der Waals surface area contributed by atoms with Gasteiger partial charge in [-0.1, -0.05) is 11.6 Å². The third-order valence-corrected chi connectivity index (χ3v) is 0.865. The van der Waals surface area contributed by atoms with E-state index in [1.165, 1.54) is 6.54 Å². The quantitative estimate of drug-likeness (QED) is 0.343. The van der Waals surface area contributed by atoms with E-state index in [0.29, 0.717) is 0 Å². The summed E-state index contributed by atoms with van der Waals surface area (Å²) in [4.78, 5) is 10.1. The maximum absolute atomic E-state index is 10.1. The molecule has 0 bridgehead atoms. The summed E-state index contributed by atoms with van der Waals surface area (Å²) >= 11 is 5.36. The van der Waals surface area contributed by atoms with Gasteiger partial charge in [0.2, 0.25) is 0 Å². The van der Waals surface area contributed by atoms with Crippen LogP contribution in [-0.2, 0) is 0 Å². The molecular formula is C3H4ClN2O. The fourth-order valence-corrected chi connectivity index (χ4v) is 0.520. The normalized spacial score (nSPS) is 29.3. The van der Waals surface area contributed by atoms with E-state index in [2.05, 4.69) is 10.6 Å². The summed E-state index contributed by atoms with van der Waals surface area (Å²) in [6, 6.07) is -0.236. The van der Waals surface area contributed by atoms with Crippen LogP contribution in [-0.4, -0.2) is 11.5 Å². The lowest BCUT2D eigenvalue weighted by atomic mass is 10.7. The van der Waals surface area contributed by atoms with Gasteiger partial charge in [-0.3, -0.25) is 0 Å². The molecule has 4 heteroatoms. The summed E-state index contributed by atoms with van der Waals surface area (Å²) in [5, 5.41) is 4.74. The third-order valence-electron chi connectivity index (χ3n) is 0.630. The van der Waals surface area contributed by atoms with Crippen molar-refractivity contribution in [2.75, 3.05) is 0 Å². The van der Waals surface area contributed by atoms with Crippen molar-refractivity contribution in [1.82, 2.24) is 10.6 Å². The van der Waals surface area contributed by atoms with Crippen LogP contribution in [0.4, 0.5) is 4.79 Å². The van der Waals surface area contributed by atoms with Crippen molar-refractivity contribution in [2.24, 2.45) is 0 Å². The zero-order chi connectivity index (χ0) is 5.28. The van der Waals surface area contributed by atoms with Crippen LogP contribution in [0.25, 0.3) is 0 Å². The van der Waals surface area contributed by atoms with Crippen LogP contribution in [0, 0.1) is 6.54 Å². The summed E-state index contributed by atoms with van der Waals surface area (Å²) in [6.07, 6.45) is 0. The van der Waals surface area contributed by atoms with Crippen molar-refractivity contribution in [1.29, 1.82) is 0 Å². The van der Waals surface area contributed by atoms with Gasteiger partial charge in [0.1, 0.15) is 5.50 Å². The van der Waals surface area contributed by atoms with Gasteiger partial charge < -0.3 is 10.6 Å². The van der Waals surface area contributed by atoms with Crippen molar-refractivity contribution in [3.05, 3.63) is 6.54 Å². The molecule has 2 amide bonds. The molecule has 7 heavy (non-hydrogen) atoms. The van der Waals surface area contributed by atoms with Gasteiger partial charge in [-0.2, -0.15) is 0 Å². The van der Waals surface area contributed by atoms with Crippen molar-refractivity contribution in [3.63, 3.8) is 0 Å². The second kappa shape index (κ2) is 1.58. The Balaban J connectivity index is 2.40. The minimum absolute atomic E-state index is 0.236. The highest BCUT2D eigenvalue weighted by Crippen LogP contribution is 1.97. The van der Waals surface area contributed by atoms with E-state index in [9.17, 15) is 4.79 Å². The third kappa shape index (κ3) is 0.962. The van der Waals surface area contributed by atoms with Crippen LogP contribution in [0.1, 0.15) is 0 Å². The Morgan fingerprint density at radius 2 is 2.57 bits per heavy atom. The number of rotatable bonds is 0. The van der Waals surface area contributed by atoms with Crippen LogP contribution in [0.5, 0.6) is 0 Å². The van der Waals surface area contributed by atoms with Crippen molar-refractivity contribution in [2.45, 2.75) is 5.50 Å². The fourth-order valence-electron chi connectivity index (χ4n) is 0.357. The number of carbonyl (C=O) groups excluding carboxylic acids is 1. The summed E-state index contributed by atoms with van der Waals surface area (Å²) in [5.41, 5.74) is -0.340. The van der Waals surface area contributed by atoms with Gasteiger partial charge in [0.15, 0.2) is 0 Å². The van der Waals surface area contributed by atoms with Crippen LogP contribution < -0.4 is 10.6 Å². The first-order chi connectivity index (χ1) is 3.29. The Morgan fingerprint density at radius 3 is 2.71 bits per heavy atom. The molecule has 39 valence electrons. The van der Waals surface area contributed by atoms with Gasteiger partial charge in [0, 0.05) is 0 Å². The van der Waals surface area contributed by atoms with Gasteiger partial charge in [-0.25, -0.2) is 4.79 Å². The summed E-state index contributed by atoms with van der Waals surface area (Å²) in [6.45, 7) is 1.48. The Labute approximate surface area is 46.0 Å². The molecule has 0 aliphatic carbocycles. The Hall–Kier alpha value is -0.440. The number of alkyl halides is 1. The van der Waals surface area contributed by atoms with E-state index in [1.54, 1.807) is 0 Å². The molecule has 2 N–H and O–H groups in total. The van der Waals surface area contributed by atoms with Crippen molar-refractivity contribution in [3.8, 4) is 0 Å². The van der Waals surface area contributed by atoms with Crippen LogP contribution in [0.15, 0.2) is 0 Å². The average Bonchev–Trinajstić information content (AvgIpc) is 1.87. The highest BCUT2D eigenvalue weighted by molar-refractivity contribution is 6.23. The second-order valence-electron chi connectivity index (χ2n) is 1.19. The Morgan fingerprint density at radius 1 is 1.86 bits per heavy atom. The number of carbonyl (C=O) groups is 1. The molecule has 0 aromatic rings. The molecule has 1 aliphatic heterocycles. The number of amides is 2. The van der Waals surface area contributed by atoms with E-state index in [-0.39, 0.29) is 11.5 Å². The maximum Gasteiger partial charge on any atom is 0.316 e. The highest BCUT2D eigenvalue weighted by atomic mass is 35.5. The summed E-state index contributed by atoms with van der Waals surface area (Å²) in [7, 11) is 0. The largest absolute Gasteiger partial charge is 0.330 e. The van der Waals surface area contributed by atoms with E-state index in [1.807, 2.05) is 0 Å². The Bertz CT molecular complexity index is 94.9. The predicted octanol–water partition coefficient (Wildman–Crippen LogP) is 0.0259. The smallest absolute Gasteiger partial charge is 0.316 e. The van der Waals surface area contributed by atoms with Gasteiger partial charge in [-0.05, 0) is 0 Å². The molecule has 1 rings (SSSR count). The zero-order valence-electron chi connectivity index (χ0n) is 3.44. The van der Waals surface area contributed by atoms with E-state index >= 15 is 0 Å². The highest BCUT2D eigenvalue weighted by Gasteiger charge is 2.16. The summed E-state index contributed by atoms with van der Waals surface area (Å²) < 4.78 is 0. The monoisotopic (exact) mass is 119 g/mol. The molecule has 1 atom stereocenters. The van der Waals surface area contributed by atoms with Gasteiger partial charge in [-0.15, -0.1) is 0 Å². The lowest BCUT2D eigenvalue weighted by Crippen LogP contribution is -2.22. The van der Waals surface area contributed by atoms with Gasteiger partial charge in [0.05, 0.1) is 6.54 Å². The number of halogens is 1. The lowest BCUT2D eigenvalue weighted by Gasteiger charge is -1.89. The van der Waals surface area contributed by atoms with Crippen LogP contribution in [0.3, 0.4) is 0 Å². The molecule has 0 saturated carbocycles. The SMILES string of the molecule is O=C1N[CH]C(Cl)N1. The minimum atomic E-state index is -0.340. The first-order valence-corrected chi connectivity index (χ1v) is 2.27. The van der Waals surface area contributed by atoms with Crippen molar-refractivity contribution < 1.29 is 4.79 Å². The van der Waals surface area contributed by atoms with E-state index in [4.69, 9.17) is 11.6 Å². The molecule has 0 aromatic heterocycles. The molecule has 1 fully saturated rings. The molecule has 0 spiro atoms. The van der Waals surface area contributed by atoms with E-state index < -0.39 is 0 Å². The van der Waals surface area contributed by atoms with Crippen LogP contribution >= 0.6 is 11.6 Å². The molecule has 1 aliphatic rings. The topological polar surface area (TPSA) is 41.1 Å². The van der Waals surface area contributed by atoms with Gasteiger partial charge in [0.25, 0.3) is 0 Å². The molecule has 1 saturated heterocycles. The lowest BCUT2D eigenvalue weighted by molar-refractivity contribution is 0.248. The summed E-state index contributed by atoms with van der Waals surface area (Å²) in [5.74, 6) is 0. The standard InChI is InChI=1S/C3H4ClN2O/c4-2-1-5-3(7)6-2/h1-2H,(H2,5,6,7). The zero-order valence-corrected chi connectivity index (χ0v) is 4.20. The Kier molecular flexibility index (Phi) is 1.06. The van der Waals surface area contributed by atoms with E-state index in [0.717, 1.165) is 0 Å². The molecular weight excluding hydrogens is 115 g/mol. The van der Waals surface area contributed by atoms with Gasteiger partial charge >= 0.3 is 6.03 Å². The predicted molar refractivity (Wildman–Crippen MR) is 25.6 cm³/mol. The minimum Gasteiger partial charge on any atom is -0.330 e. The van der Waals surface area contributed by atoms with Crippen molar-refractivity contribution >= 4 is 17.6 Å². The number of hydrogen-bond donors (Lipinski definition) is 2. The number of nitrogens with one attached hydrogen (secondary N) is 2. The first kappa shape index (κ1) is 4.71. The first-order valence-electron chi connectivity index (χ1n) is 1.83. The molecule has 0 aromatic carbocycles. The van der Waals surface area contributed by atoms with Crippen LogP contribution in [0.2, 0.25) is 0 Å².